The van der Waals surface area contributed by atoms with E-state index >= 15 is 0 Å². The first kappa shape index (κ1) is 10.0. The van der Waals surface area contributed by atoms with Crippen LogP contribution in [0.5, 0.6) is 0 Å². The predicted molar refractivity (Wildman–Crippen MR) is 51.3 cm³/mol. The second-order valence-corrected chi connectivity index (χ2v) is 3.45. The largest absolute Gasteiger partial charge is 0.411 e. The number of hydrogen-bond donors (Lipinski definition) is 1. The summed E-state index contributed by atoms with van der Waals surface area (Å²) in [6.07, 6.45) is 3.90. The van der Waals surface area contributed by atoms with Crippen LogP contribution in [0.1, 0.15) is 39.5 Å². The highest BCUT2D eigenvalue weighted by molar-refractivity contribution is 6.42. The van der Waals surface area contributed by atoms with Gasteiger partial charge in [0.2, 0.25) is 0 Å². The molecule has 0 aromatic heterocycles. The Morgan fingerprint density at radius 2 is 1.85 bits per heavy atom. The van der Waals surface area contributed by atoms with Gasteiger partial charge in [0, 0.05) is 0 Å². The SMILES string of the molecule is CC(C)O/N=C1/CCCC/C1=N\O. The molecule has 1 aliphatic carbocycles. The Bertz CT molecular complexity index is 222. The molecule has 0 amide bonds. The van der Waals surface area contributed by atoms with Crippen LogP contribution in [0.25, 0.3) is 0 Å². The molecule has 0 aromatic rings. The lowest BCUT2D eigenvalue weighted by Crippen LogP contribution is -2.20. The van der Waals surface area contributed by atoms with Crippen molar-refractivity contribution >= 4 is 11.4 Å². The fourth-order valence-corrected chi connectivity index (χ4v) is 1.25. The van der Waals surface area contributed by atoms with Crippen molar-refractivity contribution in [2.45, 2.75) is 45.6 Å². The van der Waals surface area contributed by atoms with Crippen LogP contribution in [0.2, 0.25) is 0 Å². The van der Waals surface area contributed by atoms with Gasteiger partial charge < -0.3 is 10.0 Å². The number of oxime groups is 2. The molecule has 1 saturated carbocycles. The zero-order chi connectivity index (χ0) is 9.68. The monoisotopic (exact) mass is 184 g/mol. The number of nitrogens with zero attached hydrogens (tertiary/aromatic N) is 2. The van der Waals surface area contributed by atoms with Gasteiger partial charge in [-0.2, -0.15) is 0 Å². The van der Waals surface area contributed by atoms with Crippen LogP contribution < -0.4 is 0 Å². The van der Waals surface area contributed by atoms with Crippen LogP contribution in [0, 0.1) is 0 Å². The van der Waals surface area contributed by atoms with E-state index in [-0.39, 0.29) is 6.10 Å². The molecule has 1 fully saturated rings. The summed E-state index contributed by atoms with van der Waals surface area (Å²) < 4.78 is 0. The average molecular weight is 184 g/mol. The molecule has 0 spiro atoms. The van der Waals surface area contributed by atoms with Gasteiger partial charge in [-0.15, -0.1) is 0 Å². The molecular formula is C9H16N2O2. The molecular weight excluding hydrogens is 168 g/mol. The topological polar surface area (TPSA) is 54.2 Å². The van der Waals surface area contributed by atoms with E-state index in [9.17, 15) is 0 Å². The molecule has 74 valence electrons. The van der Waals surface area contributed by atoms with Crippen molar-refractivity contribution in [2.75, 3.05) is 0 Å². The Morgan fingerprint density at radius 3 is 2.38 bits per heavy atom. The minimum atomic E-state index is 0.0781. The molecule has 13 heavy (non-hydrogen) atoms. The Balaban J connectivity index is 2.59. The third-order valence-corrected chi connectivity index (χ3v) is 1.90. The highest BCUT2D eigenvalue weighted by Crippen LogP contribution is 2.13. The molecule has 0 atom stereocenters. The summed E-state index contributed by atoms with van der Waals surface area (Å²) in [5, 5.41) is 15.9. The summed E-state index contributed by atoms with van der Waals surface area (Å²) in [5.41, 5.74) is 1.47. The van der Waals surface area contributed by atoms with E-state index in [1.165, 1.54) is 0 Å². The highest BCUT2D eigenvalue weighted by atomic mass is 16.6. The molecule has 4 heteroatoms. The molecule has 0 radical (unpaired) electrons. The van der Waals surface area contributed by atoms with Gasteiger partial charge in [-0.25, -0.2) is 0 Å². The van der Waals surface area contributed by atoms with E-state index in [0.29, 0.717) is 5.71 Å². The number of rotatable bonds is 2. The Morgan fingerprint density at radius 1 is 1.23 bits per heavy atom. The van der Waals surface area contributed by atoms with Crippen molar-refractivity contribution < 1.29 is 10.0 Å². The van der Waals surface area contributed by atoms with Crippen LogP contribution in [0.4, 0.5) is 0 Å². The summed E-state index contributed by atoms with van der Waals surface area (Å²) in [7, 11) is 0. The standard InChI is InChI=1S/C9H16N2O2/c1-7(2)13-11-9-6-4-3-5-8(9)10-12/h7,12H,3-6H2,1-2H3/b10-8+,11-9-. The Hall–Kier alpha value is -1.06. The van der Waals surface area contributed by atoms with Gasteiger partial charge in [0.15, 0.2) is 0 Å². The van der Waals surface area contributed by atoms with E-state index in [4.69, 9.17) is 10.0 Å². The van der Waals surface area contributed by atoms with E-state index in [2.05, 4.69) is 10.3 Å². The van der Waals surface area contributed by atoms with Gasteiger partial charge >= 0.3 is 0 Å². The van der Waals surface area contributed by atoms with Gasteiger partial charge in [0.25, 0.3) is 0 Å². The zero-order valence-electron chi connectivity index (χ0n) is 8.16. The summed E-state index contributed by atoms with van der Waals surface area (Å²) in [5.74, 6) is 0. The second-order valence-electron chi connectivity index (χ2n) is 3.45. The third kappa shape index (κ3) is 3.05. The fourth-order valence-electron chi connectivity index (χ4n) is 1.25. The molecule has 4 nitrogen and oxygen atoms in total. The first-order valence-corrected chi connectivity index (χ1v) is 4.68. The maximum atomic E-state index is 8.68. The molecule has 0 aromatic carbocycles. The van der Waals surface area contributed by atoms with Crippen molar-refractivity contribution in [1.29, 1.82) is 0 Å². The van der Waals surface area contributed by atoms with Crippen LogP contribution >= 0.6 is 0 Å². The van der Waals surface area contributed by atoms with Gasteiger partial charge in [0.1, 0.15) is 17.5 Å². The van der Waals surface area contributed by atoms with Gasteiger partial charge in [-0.1, -0.05) is 10.3 Å². The first-order valence-electron chi connectivity index (χ1n) is 4.68. The predicted octanol–water partition coefficient (Wildman–Crippen LogP) is 2.17. The van der Waals surface area contributed by atoms with Crippen LogP contribution in [0.15, 0.2) is 10.3 Å². The molecule has 1 N–H and O–H groups in total. The summed E-state index contributed by atoms with van der Waals surface area (Å²) in [4.78, 5) is 5.11. The van der Waals surface area contributed by atoms with Crippen molar-refractivity contribution in [3.63, 3.8) is 0 Å². The summed E-state index contributed by atoms with van der Waals surface area (Å²) in [6, 6.07) is 0. The van der Waals surface area contributed by atoms with Gasteiger partial charge in [0.05, 0.1) is 0 Å². The zero-order valence-corrected chi connectivity index (χ0v) is 8.16. The first-order chi connectivity index (χ1) is 6.24. The molecule has 0 heterocycles. The molecule has 0 aliphatic heterocycles. The minimum Gasteiger partial charge on any atom is -0.411 e. The quantitative estimate of drug-likeness (QED) is 0.528. The second kappa shape index (κ2) is 4.84. The highest BCUT2D eigenvalue weighted by Gasteiger charge is 2.16. The Labute approximate surface area is 78.3 Å². The minimum absolute atomic E-state index is 0.0781. The molecule has 0 saturated heterocycles. The maximum Gasteiger partial charge on any atom is 0.122 e. The summed E-state index contributed by atoms with van der Waals surface area (Å²) in [6.45, 7) is 3.84. The van der Waals surface area contributed by atoms with Crippen molar-refractivity contribution in [1.82, 2.24) is 0 Å². The molecule has 0 bridgehead atoms. The lowest BCUT2D eigenvalue weighted by atomic mass is 9.97. The normalized spacial score (nSPS) is 24.2. The van der Waals surface area contributed by atoms with Crippen molar-refractivity contribution in [2.24, 2.45) is 10.3 Å². The van der Waals surface area contributed by atoms with E-state index < -0.39 is 0 Å². The lowest BCUT2D eigenvalue weighted by Gasteiger charge is -2.14. The van der Waals surface area contributed by atoms with Crippen LogP contribution in [-0.4, -0.2) is 22.7 Å². The number of hydrogen-bond acceptors (Lipinski definition) is 4. The third-order valence-electron chi connectivity index (χ3n) is 1.90. The van der Waals surface area contributed by atoms with Gasteiger partial charge in [-0.3, -0.25) is 0 Å². The van der Waals surface area contributed by atoms with E-state index in [1.54, 1.807) is 0 Å². The molecule has 1 aliphatic rings. The molecule has 1 rings (SSSR count). The molecule has 0 unspecified atom stereocenters. The van der Waals surface area contributed by atoms with Crippen molar-refractivity contribution in [3.8, 4) is 0 Å². The van der Waals surface area contributed by atoms with Crippen LogP contribution in [0.3, 0.4) is 0 Å². The Kier molecular flexibility index (Phi) is 3.73. The van der Waals surface area contributed by atoms with Gasteiger partial charge in [-0.05, 0) is 39.5 Å². The van der Waals surface area contributed by atoms with Crippen LogP contribution in [-0.2, 0) is 4.84 Å². The average Bonchev–Trinajstić information content (AvgIpc) is 2.15. The smallest absolute Gasteiger partial charge is 0.122 e. The van der Waals surface area contributed by atoms with E-state index in [0.717, 1.165) is 31.4 Å². The summed E-state index contributed by atoms with van der Waals surface area (Å²) >= 11 is 0. The lowest BCUT2D eigenvalue weighted by molar-refractivity contribution is 0.0858. The van der Waals surface area contributed by atoms with E-state index in [1.807, 2.05) is 13.8 Å². The fraction of sp³-hybridized carbons (Fsp3) is 0.778. The van der Waals surface area contributed by atoms with Crippen molar-refractivity contribution in [3.05, 3.63) is 0 Å². The maximum absolute atomic E-state index is 8.68.